The fourth-order valence-corrected chi connectivity index (χ4v) is 2.81. The summed E-state index contributed by atoms with van der Waals surface area (Å²) in [5.41, 5.74) is 3.62. The van der Waals surface area contributed by atoms with Crippen molar-refractivity contribution in [1.29, 1.82) is 0 Å². The number of oxazole rings is 1. The molecule has 2 heterocycles. The second kappa shape index (κ2) is 5.32. The second-order valence-corrected chi connectivity index (χ2v) is 5.56. The summed E-state index contributed by atoms with van der Waals surface area (Å²) < 4.78 is 6.41. The van der Waals surface area contributed by atoms with Crippen molar-refractivity contribution in [3.8, 4) is 11.5 Å². The maximum Gasteiger partial charge on any atom is 0.226 e. The number of hydrogen-bond acceptors (Lipinski definition) is 6. The summed E-state index contributed by atoms with van der Waals surface area (Å²) in [4.78, 5) is 4.45. The van der Waals surface area contributed by atoms with E-state index in [1.165, 1.54) is 11.3 Å². The van der Waals surface area contributed by atoms with Gasteiger partial charge in [-0.05, 0) is 12.1 Å². The second-order valence-electron chi connectivity index (χ2n) is 3.50. The lowest BCUT2D eigenvalue weighted by Crippen LogP contribution is -1.81. The minimum absolute atomic E-state index is 0.656. The van der Waals surface area contributed by atoms with Gasteiger partial charge in [0, 0.05) is 11.3 Å². The smallest absolute Gasteiger partial charge is 0.226 e. The summed E-state index contributed by atoms with van der Waals surface area (Å²) in [6.07, 6.45) is 1.69. The molecule has 2 aromatic heterocycles. The van der Waals surface area contributed by atoms with Crippen LogP contribution in [0.1, 0.15) is 5.69 Å². The number of hydrogen-bond donors (Lipinski definition) is 0. The average Bonchev–Trinajstić information content (AvgIpc) is 3.09. The van der Waals surface area contributed by atoms with Crippen LogP contribution in [0.2, 0.25) is 0 Å². The number of benzene rings is 1. The maximum atomic E-state index is 5.46. The third-order valence-corrected chi connectivity index (χ3v) is 4.15. The Morgan fingerprint density at radius 2 is 2.11 bits per heavy atom. The zero-order valence-electron chi connectivity index (χ0n) is 9.31. The quantitative estimate of drug-likeness (QED) is 0.682. The summed E-state index contributed by atoms with van der Waals surface area (Å²) in [5, 5.41) is 7.76. The number of thioether (sulfide) groups is 1. The van der Waals surface area contributed by atoms with Crippen LogP contribution in [-0.2, 0) is 5.75 Å². The van der Waals surface area contributed by atoms with Crippen LogP contribution in [0, 0.1) is 0 Å². The van der Waals surface area contributed by atoms with E-state index in [1.807, 2.05) is 30.3 Å². The molecule has 1 aromatic carbocycles. The summed E-state index contributed by atoms with van der Waals surface area (Å²) in [6.45, 7) is 0. The molecule has 0 fully saturated rings. The predicted molar refractivity (Wildman–Crippen MR) is 71.4 cm³/mol. The molecule has 0 N–H and O–H groups in total. The van der Waals surface area contributed by atoms with Crippen molar-refractivity contribution in [1.82, 2.24) is 15.2 Å². The van der Waals surface area contributed by atoms with Crippen molar-refractivity contribution >= 4 is 23.1 Å². The van der Waals surface area contributed by atoms with Crippen LogP contribution in [-0.4, -0.2) is 15.2 Å². The minimum Gasteiger partial charge on any atom is -0.444 e. The molecular weight excluding hydrogens is 266 g/mol. The van der Waals surface area contributed by atoms with Crippen molar-refractivity contribution < 1.29 is 4.42 Å². The Bertz CT molecular complexity index is 607. The SMILES string of the molecule is c1ccc(-c2nc(CSc3nncs3)co2)cc1. The molecule has 0 amide bonds. The van der Waals surface area contributed by atoms with Crippen molar-refractivity contribution in [3.05, 3.63) is 47.8 Å². The van der Waals surface area contributed by atoms with Gasteiger partial charge in [-0.2, -0.15) is 0 Å². The van der Waals surface area contributed by atoms with E-state index in [1.54, 1.807) is 23.5 Å². The van der Waals surface area contributed by atoms with Crippen molar-refractivity contribution in [2.75, 3.05) is 0 Å². The number of nitrogens with zero attached hydrogens (tertiary/aromatic N) is 3. The third kappa shape index (κ3) is 2.60. The molecule has 3 rings (SSSR count). The van der Waals surface area contributed by atoms with E-state index in [-0.39, 0.29) is 0 Å². The summed E-state index contributed by atoms with van der Waals surface area (Å²) in [5.74, 6) is 1.40. The minimum atomic E-state index is 0.656. The first-order valence-electron chi connectivity index (χ1n) is 5.30. The molecule has 0 bridgehead atoms. The van der Waals surface area contributed by atoms with Crippen LogP contribution in [0.3, 0.4) is 0 Å². The molecule has 90 valence electrons. The van der Waals surface area contributed by atoms with Crippen LogP contribution in [0.25, 0.3) is 11.5 Å². The first kappa shape index (κ1) is 11.4. The summed E-state index contributed by atoms with van der Waals surface area (Å²) in [6, 6.07) is 9.87. The summed E-state index contributed by atoms with van der Waals surface area (Å²) >= 11 is 3.14. The molecule has 0 radical (unpaired) electrons. The third-order valence-electron chi connectivity index (χ3n) is 2.26. The molecule has 0 aliphatic heterocycles. The molecule has 0 saturated heterocycles. The Hall–Kier alpha value is -1.66. The lowest BCUT2D eigenvalue weighted by Gasteiger charge is -1.92. The molecular formula is C12H9N3OS2. The van der Waals surface area contributed by atoms with E-state index >= 15 is 0 Å². The lowest BCUT2D eigenvalue weighted by molar-refractivity contribution is 0.573. The molecule has 0 spiro atoms. The zero-order valence-corrected chi connectivity index (χ0v) is 10.9. The Morgan fingerprint density at radius 1 is 1.22 bits per heavy atom. The highest BCUT2D eigenvalue weighted by Crippen LogP contribution is 2.25. The Labute approximate surface area is 112 Å². The first-order valence-corrected chi connectivity index (χ1v) is 7.17. The topological polar surface area (TPSA) is 51.8 Å². The maximum absolute atomic E-state index is 5.46. The van der Waals surface area contributed by atoms with Gasteiger partial charge >= 0.3 is 0 Å². The first-order chi connectivity index (χ1) is 8.92. The zero-order chi connectivity index (χ0) is 12.2. The van der Waals surface area contributed by atoms with E-state index < -0.39 is 0 Å². The molecule has 6 heteroatoms. The van der Waals surface area contributed by atoms with Crippen LogP contribution >= 0.6 is 23.1 Å². The molecule has 4 nitrogen and oxygen atoms in total. The fraction of sp³-hybridized carbons (Fsp3) is 0.0833. The van der Waals surface area contributed by atoms with Crippen molar-refractivity contribution in [3.63, 3.8) is 0 Å². The number of rotatable bonds is 4. The van der Waals surface area contributed by atoms with Crippen LogP contribution < -0.4 is 0 Å². The molecule has 0 aliphatic carbocycles. The van der Waals surface area contributed by atoms with Gasteiger partial charge in [-0.1, -0.05) is 41.3 Å². The largest absolute Gasteiger partial charge is 0.444 e. The lowest BCUT2D eigenvalue weighted by atomic mass is 10.2. The van der Waals surface area contributed by atoms with Crippen LogP contribution in [0.15, 0.2) is 50.9 Å². The van der Waals surface area contributed by atoms with Crippen molar-refractivity contribution in [2.24, 2.45) is 0 Å². The van der Waals surface area contributed by atoms with Crippen molar-refractivity contribution in [2.45, 2.75) is 10.1 Å². The van der Waals surface area contributed by atoms with Crippen LogP contribution in [0.4, 0.5) is 0 Å². The van der Waals surface area contributed by atoms with Gasteiger partial charge < -0.3 is 4.42 Å². The van der Waals surface area contributed by atoms with E-state index in [9.17, 15) is 0 Å². The molecule has 0 unspecified atom stereocenters. The monoisotopic (exact) mass is 275 g/mol. The van der Waals surface area contributed by atoms with Gasteiger partial charge in [-0.3, -0.25) is 0 Å². The molecule has 0 aliphatic rings. The van der Waals surface area contributed by atoms with Gasteiger partial charge in [-0.25, -0.2) is 4.98 Å². The van der Waals surface area contributed by atoms with E-state index in [2.05, 4.69) is 15.2 Å². The van der Waals surface area contributed by atoms with E-state index in [0.29, 0.717) is 5.89 Å². The highest BCUT2D eigenvalue weighted by molar-refractivity contribution is 8.00. The van der Waals surface area contributed by atoms with E-state index in [4.69, 9.17) is 4.42 Å². The van der Waals surface area contributed by atoms with Gasteiger partial charge in [0.05, 0.1) is 5.69 Å². The Morgan fingerprint density at radius 3 is 2.89 bits per heavy atom. The highest BCUT2D eigenvalue weighted by Gasteiger charge is 2.07. The molecule has 0 atom stereocenters. The van der Waals surface area contributed by atoms with Gasteiger partial charge in [-0.15, -0.1) is 10.2 Å². The Balaban J connectivity index is 1.70. The molecule has 0 saturated carbocycles. The molecule has 18 heavy (non-hydrogen) atoms. The van der Waals surface area contributed by atoms with Gasteiger partial charge in [0.2, 0.25) is 5.89 Å². The predicted octanol–water partition coefficient (Wildman–Crippen LogP) is 3.49. The standard InChI is InChI=1S/C12H9N3OS2/c1-2-4-9(5-3-1)11-14-10(6-16-11)7-17-12-15-13-8-18-12/h1-6,8H,7H2. The van der Waals surface area contributed by atoms with Gasteiger partial charge in [0.15, 0.2) is 4.34 Å². The average molecular weight is 275 g/mol. The number of aromatic nitrogens is 3. The Kier molecular flexibility index (Phi) is 3.38. The van der Waals surface area contributed by atoms with Gasteiger partial charge in [0.1, 0.15) is 11.8 Å². The summed E-state index contributed by atoms with van der Waals surface area (Å²) in [7, 11) is 0. The molecule has 3 aromatic rings. The van der Waals surface area contributed by atoms with E-state index in [0.717, 1.165) is 21.3 Å². The van der Waals surface area contributed by atoms with Gasteiger partial charge in [0.25, 0.3) is 0 Å². The normalized spacial score (nSPS) is 10.7. The fourth-order valence-electron chi connectivity index (χ4n) is 1.45. The highest BCUT2D eigenvalue weighted by atomic mass is 32.2. The van der Waals surface area contributed by atoms with Crippen LogP contribution in [0.5, 0.6) is 0 Å².